The van der Waals surface area contributed by atoms with Crippen molar-refractivity contribution < 1.29 is 22.0 Å². The molecule has 1 atom stereocenters. The van der Waals surface area contributed by atoms with Crippen LogP contribution in [0.2, 0.25) is 0 Å². The molecule has 0 N–H and O–H groups in total. The van der Waals surface area contributed by atoms with Crippen LogP contribution in [0.25, 0.3) is 0 Å². The van der Waals surface area contributed by atoms with Crippen molar-refractivity contribution in [3.05, 3.63) is 58.8 Å². The molecular formula is C23H30F5N. The molecule has 0 aromatic heterocycles. The van der Waals surface area contributed by atoms with Crippen LogP contribution < -0.4 is 0 Å². The van der Waals surface area contributed by atoms with Crippen molar-refractivity contribution in [1.29, 1.82) is 0 Å². The van der Waals surface area contributed by atoms with Gasteiger partial charge in [-0.2, -0.15) is 13.2 Å². The van der Waals surface area contributed by atoms with Gasteiger partial charge in [-0.25, -0.2) is 8.78 Å². The summed E-state index contributed by atoms with van der Waals surface area (Å²) in [7, 11) is 0. The minimum absolute atomic E-state index is 0.387. The summed E-state index contributed by atoms with van der Waals surface area (Å²) in [5.74, 6) is -2.74. The van der Waals surface area contributed by atoms with Gasteiger partial charge in [-0.15, -0.1) is 0 Å². The molecule has 1 nitrogen and oxygen atoms in total. The first-order valence-electron chi connectivity index (χ1n) is 10.1. The molecule has 1 saturated heterocycles. The summed E-state index contributed by atoms with van der Waals surface area (Å²) in [4.78, 5) is 2.35. The van der Waals surface area contributed by atoms with Gasteiger partial charge in [0, 0.05) is 24.2 Å². The molecule has 0 aliphatic carbocycles. The number of allylic oxidation sites excluding steroid dienone is 4. The van der Waals surface area contributed by atoms with Crippen LogP contribution in [0.4, 0.5) is 22.0 Å². The molecule has 1 aromatic rings. The Kier molecular flexibility index (Phi) is 7.52. The minimum atomic E-state index is -4.96. The number of hydrogen-bond acceptors (Lipinski definition) is 1. The maximum atomic E-state index is 12.9. The van der Waals surface area contributed by atoms with E-state index in [1.165, 1.54) is 30.7 Å². The van der Waals surface area contributed by atoms with E-state index in [-0.39, 0.29) is 5.56 Å². The van der Waals surface area contributed by atoms with Gasteiger partial charge in [0.15, 0.2) is 0 Å². The van der Waals surface area contributed by atoms with Gasteiger partial charge < -0.3 is 4.90 Å². The molecule has 0 spiro atoms. The van der Waals surface area contributed by atoms with Crippen LogP contribution in [0.1, 0.15) is 56.2 Å². The Labute approximate surface area is 170 Å². The fourth-order valence-electron chi connectivity index (χ4n) is 3.84. The van der Waals surface area contributed by atoms with Crippen molar-refractivity contribution in [2.75, 3.05) is 13.1 Å². The maximum absolute atomic E-state index is 12.9. The van der Waals surface area contributed by atoms with E-state index >= 15 is 0 Å². The zero-order chi connectivity index (χ0) is 21.8. The van der Waals surface area contributed by atoms with Crippen LogP contribution in [-0.2, 0) is 6.42 Å². The van der Waals surface area contributed by atoms with Crippen molar-refractivity contribution in [2.45, 2.75) is 65.5 Å². The van der Waals surface area contributed by atoms with E-state index in [2.05, 4.69) is 25.7 Å². The number of alkyl halides is 5. The molecule has 0 radical (unpaired) electrons. The van der Waals surface area contributed by atoms with Gasteiger partial charge in [-0.1, -0.05) is 44.2 Å². The average molecular weight is 415 g/mol. The van der Waals surface area contributed by atoms with E-state index in [1.807, 2.05) is 18.2 Å². The lowest BCUT2D eigenvalue weighted by Gasteiger charge is -2.51. The molecule has 0 saturated carbocycles. The van der Waals surface area contributed by atoms with Gasteiger partial charge >= 0.3 is 6.18 Å². The number of rotatable bonds is 8. The first-order chi connectivity index (χ1) is 13.5. The lowest BCUT2D eigenvalue weighted by atomic mass is 9.75. The predicted octanol–water partition coefficient (Wildman–Crippen LogP) is 7.03. The summed E-state index contributed by atoms with van der Waals surface area (Å²) in [5.41, 5.74) is 2.65. The van der Waals surface area contributed by atoms with E-state index in [1.54, 1.807) is 6.92 Å². The summed E-state index contributed by atoms with van der Waals surface area (Å²) < 4.78 is 64.5. The highest BCUT2D eigenvalue weighted by atomic mass is 19.4. The Hall–Kier alpha value is -1.85. The van der Waals surface area contributed by atoms with Crippen molar-refractivity contribution in [2.24, 2.45) is 5.41 Å². The van der Waals surface area contributed by atoms with Crippen LogP contribution in [0.15, 0.2) is 42.1 Å². The van der Waals surface area contributed by atoms with Gasteiger partial charge in [-0.3, -0.25) is 0 Å². The highest BCUT2D eigenvalue weighted by Gasteiger charge is 2.47. The number of aryl methyl sites for hydroxylation is 1. The Morgan fingerprint density at radius 3 is 2.28 bits per heavy atom. The van der Waals surface area contributed by atoms with Gasteiger partial charge in [0.2, 0.25) is 0 Å². The first kappa shape index (κ1) is 23.4. The predicted molar refractivity (Wildman–Crippen MR) is 107 cm³/mol. The molecule has 162 valence electrons. The fraction of sp³-hybridized carbons (Fsp3) is 0.565. The van der Waals surface area contributed by atoms with Crippen molar-refractivity contribution >= 4 is 0 Å². The van der Waals surface area contributed by atoms with Crippen LogP contribution in [0, 0.1) is 12.3 Å². The smallest absolute Gasteiger partial charge is 0.374 e. The van der Waals surface area contributed by atoms with Gasteiger partial charge in [0.05, 0.1) is 0 Å². The zero-order valence-corrected chi connectivity index (χ0v) is 17.5. The van der Waals surface area contributed by atoms with E-state index in [0.717, 1.165) is 24.7 Å². The molecule has 6 heteroatoms. The van der Waals surface area contributed by atoms with Crippen molar-refractivity contribution in [3.8, 4) is 0 Å². The molecule has 2 rings (SSSR count). The number of hydrogen-bond donors (Lipinski definition) is 0. The average Bonchev–Trinajstić information content (AvgIpc) is 2.58. The number of benzene rings is 1. The third-order valence-corrected chi connectivity index (χ3v) is 6.19. The zero-order valence-electron chi connectivity index (χ0n) is 17.5. The Morgan fingerprint density at radius 2 is 1.79 bits per heavy atom. The van der Waals surface area contributed by atoms with Crippen molar-refractivity contribution in [3.63, 3.8) is 0 Å². The summed E-state index contributed by atoms with van der Waals surface area (Å²) in [6, 6.07) is 3.90. The number of nitrogens with zero attached hydrogens (tertiary/aromatic N) is 1. The van der Waals surface area contributed by atoms with Crippen LogP contribution in [0.3, 0.4) is 0 Å². The molecule has 0 bridgehead atoms. The Morgan fingerprint density at radius 1 is 1.17 bits per heavy atom. The summed E-state index contributed by atoms with van der Waals surface area (Å²) in [5, 5.41) is 0. The van der Waals surface area contributed by atoms with E-state index < -0.39 is 18.5 Å². The highest BCUT2D eigenvalue weighted by molar-refractivity contribution is 5.35. The van der Waals surface area contributed by atoms with Crippen LogP contribution in [0.5, 0.6) is 0 Å². The van der Waals surface area contributed by atoms with Gasteiger partial charge in [-0.05, 0) is 55.9 Å². The monoisotopic (exact) mass is 415 g/mol. The normalized spacial score (nSPS) is 18.4. The summed E-state index contributed by atoms with van der Waals surface area (Å²) >= 11 is 0. The lowest BCUT2D eigenvalue weighted by Crippen LogP contribution is -2.54. The minimum Gasteiger partial charge on any atom is -0.374 e. The molecule has 1 unspecified atom stereocenters. The molecule has 1 aliphatic heterocycles. The third kappa shape index (κ3) is 5.61. The standard InChI is InChI=1S/C23H30F5N/c1-5-22(6-2)14-29(15-22)17(4)9-7-8-10-18-11-12-19(13-16(18)3)20(21(24)25)23(26,27)28/h7-9,11-13,20-21H,5-6,10,14-15H2,1-4H3/b8-7-,17-9+. The topological polar surface area (TPSA) is 3.24 Å². The fourth-order valence-corrected chi connectivity index (χ4v) is 3.84. The van der Waals surface area contributed by atoms with Crippen LogP contribution in [-0.4, -0.2) is 30.6 Å². The molecule has 1 aliphatic rings. The van der Waals surface area contributed by atoms with E-state index in [9.17, 15) is 22.0 Å². The molecule has 1 aromatic carbocycles. The van der Waals surface area contributed by atoms with Gasteiger partial charge in [0.25, 0.3) is 6.43 Å². The second kappa shape index (κ2) is 9.31. The van der Waals surface area contributed by atoms with Crippen LogP contribution >= 0.6 is 0 Å². The molecular weight excluding hydrogens is 385 g/mol. The second-order valence-electron chi connectivity index (χ2n) is 8.04. The highest BCUT2D eigenvalue weighted by Crippen LogP contribution is 2.40. The molecule has 29 heavy (non-hydrogen) atoms. The van der Waals surface area contributed by atoms with E-state index in [0.29, 0.717) is 17.4 Å². The Balaban J connectivity index is 1.99. The third-order valence-electron chi connectivity index (χ3n) is 6.19. The SMILES string of the molecule is CCC1(CC)CN(/C(C)=C/C=C\Cc2ccc(C(C(F)F)C(F)(F)F)cc2C)C1. The van der Waals surface area contributed by atoms with E-state index in [4.69, 9.17) is 0 Å². The number of halogens is 5. The second-order valence-corrected chi connectivity index (χ2v) is 8.04. The van der Waals surface area contributed by atoms with Crippen molar-refractivity contribution in [1.82, 2.24) is 4.90 Å². The lowest BCUT2D eigenvalue weighted by molar-refractivity contribution is -0.178. The maximum Gasteiger partial charge on any atom is 0.401 e. The number of likely N-dealkylation sites (tertiary alicyclic amines) is 1. The molecule has 1 fully saturated rings. The quantitative estimate of drug-likeness (QED) is 0.325. The summed E-state index contributed by atoms with van der Waals surface area (Å²) in [6.45, 7) is 10.3. The van der Waals surface area contributed by atoms with Gasteiger partial charge in [0.1, 0.15) is 5.92 Å². The summed E-state index contributed by atoms with van der Waals surface area (Å²) in [6.07, 6.45) is 0.371. The Bertz CT molecular complexity index is 736. The first-order valence-corrected chi connectivity index (χ1v) is 10.1. The molecule has 0 amide bonds. The molecule has 1 heterocycles. The largest absolute Gasteiger partial charge is 0.401 e.